The van der Waals surface area contributed by atoms with Gasteiger partial charge in [-0.25, -0.2) is 9.98 Å². The van der Waals surface area contributed by atoms with E-state index in [1.807, 2.05) is 38.1 Å². The predicted octanol–water partition coefficient (Wildman–Crippen LogP) is 9.51. The molecule has 0 bridgehead atoms. The second-order valence-electron chi connectivity index (χ2n) is 16.8. The fraction of sp³-hybridized carbons (Fsp3) is 0.333. The SMILES string of the molecule is Cc1ccc(NS(=O)Oc2cc(C(C)(C)CC(C)(C)C)ccc2C)cc1OS(=O)Nc1ccc(-c2nc3n(n2)N=C(C(C)(C)C)C3=Nc2ccc(O)cc2)cc1. The van der Waals surface area contributed by atoms with Crippen molar-refractivity contribution >= 4 is 51.0 Å². The zero-order valence-corrected chi connectivity index (χ0v) is 35.1. The van der Waals surface area contributed by atoms with E-state index >= 15 is 0 Å². The average molecular weight is 796 g/mol. The molecule has 6 rings (SSSR count). The van der Waals surface area contributed by atoms with Crippen molar-refractivity contribution in [2.75, 3.05) is 9.44 Å². The Morgan fingerprint density at radius 3 is 1.93 bits per heavy atom. The van der Waals surface area contributed by atoms with Gasteiger partial charge in [-0.2, -0.15) is 13.5 Å². The zero-order valence-electron chi connectivity index (χ0n) is 33.4. The number of anilines is 2. The summed E-state index contributed by atoms with van der Waals surface area (Å²) in [5.41, 5.74) is 6.20. The Labute approximate surface area is 334 Å². The number of nitrogens with zero attached hydrogens (tertiary/aromatic N) is 5. The van der Waals surface area contributed by atoms with Gasteiger partial charge >= 0.3 is 22.5 Å². The van der Waals surface area contributed by atoms with E-state index in [-0.39, 0.29) is 22.0 Å². The first kappa shape index (κ1) is 40.3. The summed E-state index contributed by atoms with van der Waals surface area (Å²) in [7, 11) is 0. The molecule has 12 nitrogen and oxygen atoms in total. The molecular formula is C42H49N7O5S2. The normalized spacial score (nSPS) is 14.9. The van der Waals surface area contributed by atoms with Gasteiger partial charge in [0.2, 0.25) is 5.82 Å². The van der Waals surface area contributed by atoms with E-state index in [1.165, 1.54) is 4.79 Å². The van der Waals surface area contributed by atoms with Crippen LogP contribution in [0.4, 0.5) is 17.1 Å². The van der Waals surface area contributed by atoms with Crippen LogP contribution in [0.15, 0.2) is 95.0 Å². The molecule has 3 N–H and O–H groups in total. The highest BCUT2D eigenvalue weighted by atomic mass is 32.2. The van der Waals surface area contributed by atoms with E-state index < -0.39 is 22.5 Å². The van der Waals surface area contributed by atoms with E-state index in [1.54, 1.807) is 54.6 Å². The lowest BCUT2D eigenvalue weighted by atomic mass is 9.72. The van der Waals surface area contributed by atoms with Gasteiger partial charge in [0.15, 0.2) is 5.82 Å². The molecule has 294 valence electrons. The molecule has 14 heteroatoms. The first-order valence-corrected chi connectivity index (χ1v) is 20.4. The summed E-state index contributed by atoms with van der Waals surface area (Å²) in [6.45, 7) is 21.0. The van der Waals surface area contributed by atoms with Crippen LogP contribution in [0.1, 0.15) is 84.3 Å². The van der Waals surface area contributed by atoms with Crippen LogP contribution in [0.5, 0.6) is 17.2 Å². The van der Waals surface area contributed by atoms with Gasteiger partial charge in [-0.15, -0.1) is 9.89 Å². The van der Waals surface area contributed by atoms with Crippen molar-refractivity contribution in [2.24, 2.45) is 20.9 Å². The molecule has 0 amide bonds. The smallest absolute Gasteiger partial charge is 0.316 e. The van der Waals surface area contributed by atoms with E-state index in [9.17, 15) is 13.5 Å². The lowest BCUT2D eigenvalue weighted by molar-refractivity contribution is 0.284. The number of fused-ring (bicyclic) bond motifs is 1. The molecular weight excluding hydrogens is 747 g/mol. The van der Waals surface area contributed by atoms with Crippen molar-refractivity contribution in [3.05, 3.63) is 107 Å². The van der Waals surface area contributed by atoms with Crippen LogP contribution in [0.25, 0.3) is 11.4 Å². The highest BCUT2D eigenvalue weighted by Crippen LogP contribution is 2.38. The molecule has 0 radical (unpaired) electrons. The van der Waals surface area contributed by atoms with Crippen LogP contribution in [-0.2, 0) is 27.9 Å². The monoisotopic (exact) mass is 795 g/mol. The standard InChI is InChI=1S/C42H49N7O5S2/c1-26-11-15-29(42(9,10)25-40(3,4)5)23-34(26)53-56(52)48-32-16-12-27(2)35(24-32)54-55(51)47-31-17-13-28(14-18-31)38-44-39-36(43-30-19-21-33(50)22-20-30)37(41(6,7)8)45-49(39)46-38/h11-24,47-48,50H,25H2,1-10H3. The highest BCUT2D eigenvalue weighted by Gasteiger charge is 2.35. The number of benzene rings is 4. The first-order chi connectivity index (χ1) is 26.2. The molecule has 1 aliphatic heterocycles. The molecule has 4 aromatic carbocycles. The minimum atomic E-state index is -1.96. The van der Waals surface area contributed by atoms with Crippen molar-refractivity contribution in [1.82, 2.24) is 14.9 Å². The van der Waals surface area contributed by atoms with E-state index in [4.69, 9.17) is 23.4 Å². The number of aromatic hydroxyl groups is 1. The van der Waals surface area contributed by atoms with E-state index in [2.05, 4.69) is 76.0 Å². The third-order valence-corrected chi connectivity index (χ3v) is 10.5. The third kappa shape index (κ3) is 9.72. The summed E-state index contributed by atoms with van der Waals surface area (Å²) >= 11 is -3.87. The number of phenols is 1. The Kier molecular flexibility index (Phi) is 11.3. The Balaban J connectivity index is 1.10. The second kappa shape index (κ2) is 15.7. The number of hydrogen-bond acceptors (Lipinski definition) is 9. The zero-order chi connectivity index (χ0) is 40.6. The van der Waals surface area contributed by atoms with Crippen LogP contribution >= 0.6 is 0 Å². The maximum Gasteiger partial charge on any atom is 0.316 e. The number of hydrogen-bond donors (Lipinski definition) is 3. The molecule has 2 unspecified atom stereocenters. The van der Waals surface area contributed by atoms with Gasteiger partial charge in [-0.3, -0.25) is 9.44 Å². The fourth-order valence-corrected chi connectivity index (χ4v) is 7.95. The van der Waals surface area contributed by atoms with Crippen LogP contribution in [0.2, 0.25) is 0 Å². The number of aromatic nitrogens is 3. The number of nitrogens with one attached hydrogen (secondary N) is 2. The molecule has 2 atom stereocenters. The molecule has 0 fully saturated rings. The van der Waals surface area contributed by atoms with E-state index in [0.717, 1.165) is 34.4 Å². The van der Waals surface area contributed by atoms with Crippen molar-refractivity contribution in [3.63, 3.8) is 0 Å². The maximum atomic E-state index is 13.1. The Morgan fingerprint density at radius 1 is 0.750 bits per heavy atom. The molecule has 2 heterocycles. The summed E-state index contributed by atoms with van der Waals surface area (Å²) in [5.74, 6) is 2.00. The van der Waals surface area contributed by atoms with Gasteiger partial charge in [-0.05, 0) is 108 Å². The number of aryl methyl sites for hydroxylation is 2. The van der Waals surface area contributed by atoms with Gasteiger partial charge in [0.1, 0.15) is 23.0 Å². The van der Waals surface area contributed by atoms with Crippen molar-refractivity contribution in [2.45, 2.75) is 81.1 Å². The highest BCUT2D eigenvalue weighted by molar-refractivity contribution is 7.82. The molecule has 56 heavy (non-hydrogen) atoms. The van der Waals surface area contributed by atoms with Gasteiger partial charge < -0.3 is 13.5 Å². The minimum absolute atomic E-state index is 0.103. The van der Waals surface area contributed by atoms with Gasteiger partial charge in [0, 0.05) is 22.7 Å². The van der Waals surface area contributed by atoms with Gasteiger partial charge in [-0.1, -0.05) is 73.6 Å². The largest absolute Gasteiger partial charge is 0.508 e. The summed E-state index contributed by atoms with van der Waals surface area (Å²) < 4.78 is 43.7. The average Bonchev–Trinajstić information content (AvgIpc) is 3.67. The van der Waals surface area contributed by atoms with Crippen LogP contribution < -0.4 is 17.8 Å². The lowest BCUT2D eigenvalue weighted by Gasteiger charge is -2.33. The molecule has 0 saturated carbocycles. The number of aliphatic imine (C=N–C) groups is 1. The van der Waals surface area contributed by atoms with Crippen molar-refractivity contribution in [1.29, 1.82) is 0 Å². The summed E-state index contributed by atoms with van der Waals surface area (Å²) in [6.07, 6.45) is 0.970. The second-order valence-corrected chi connectivity index (χ2v) is 18.5. The molecule has 5 aromatic rings. The number of rotatable bonds is 12. The lowest BCUT2D eigenvalue weighted by Crippen LogP contribution is -2.27. The van der Waals surface area contributed by atoms with Crippen molar-refractivity contribution in [3.8, 4) is 28.6 Å². The maximum absolute atomic E-state index is 13.1. The van der Waals surface area contributed by atoms with Crippen LogP contribution in [0, 0.1) is 24.7 Å². The Hall–Kier alpha value is -5.34. The summed E-state index contributed by atoms with van der Waals surface area (Å²) in [5, 5.41) is 19.0. The molecule has 0 saturated heterocycles. The predicted molar refractivity (Wildman–Crippen MR) is 226 cm³/mol. The topological polar surface area (TPSA) is 152 Å². The van der Waals surface area contributed by atoms with Crippen LogP contribution in [-0.4, -0.2) is 39.8 Å². The molecule has 1 aliphatic rings. The molecule has 0 aliphatic carbocycles. The summed E-state index contributed by atoms with van der Waals surface area (Å²) in [6, 6.07) is 25.0. The minimum Gasteiger partial charge on any atom is -0.508 e. The summed E-state index contributed by atoms with van der Waals surface area (Å²) in [4.78, 5) is 11.1. The fourth-order valence-electron chi connectivity index (χ4n) is 6.53. The van der Waals surface area contributed by atoms with E-state index in [0.29, 0.717) is 45.9 Å². The quantitative estimate of drug-likeness (QED) is 0.114. The number of phenolic OH excluding ortho intramolecular Hbond substituents is 1. The van der Waals surface area contributed by atoms with Crippen LogP contribution in [0.3, 0.4) is 0 Å². The molecule has 0 spiro atoms. The Morgan fingerprint density at radius 2 is 1.32 bits per heavy atom. The first-order valence-electron chi connectivity index (χ1n) is 18.2. The third-order valence-electron chi connectivity index (χ3n) is 9.03. The van der Waals surface area contributed by atoms with Crippen molar-refractivity contribution < 1.29 is 21.9 Å². The Bertz CT molecular complexity index is 2350. The van der Waals surface area contributed by atoms with Gasteiger partial charge in [0.25, 0.3) is 0 Å². The van der Waals surface area contributed by atoms with Gasteiger partial charge in [0.05, 0.1) is 17.1 Å². The molecule has 1 aromatic heterocycles.